The molecule has 2 N–H and O–H groups in total. The molecular formula is C12H19IN4O. The zero-order chi connectivity index (χ0) is 12.8. The van der Waals surface area contributed by atoms with Crippen molar-refractivity contribution in [3.63, 3.8) is 0 Å². The summed E-state index contributed by atoms with van der Waals surface area (Å²) in [5.74, 6) is 0.829. The SMILES string of the molecule is NCCCOC1CCN(c2ncc(I)cn2)CC1. The summed E-state index contributed by atoms with van der Waals surface area (Å²) in [6.07, 6.45) is 7.11. The molecule has 0 unspecified atom stereocenters. The third kappa shape index (κ3) is 4.03. The van der Waals surface area contributed by atoms with E-state index in [1.54, 1.807) is 0 Å². The van der Waals surface area contributed by atoms with E-state index in [1.165, 1.54) is 0 Å². The second kappa shape index (κ2) is 7.20. The smallest absolute Gasteiger partial charge is 0.225 e. The summed E-state index contributed by atoms with van der Waals surface area (Å²) in [5, 5.41) is 0. The Morgan fingerprint density at radius 3 is 2.61 bits per heavy atom. The van der Waals surface area contributed by atoms with Gasteiger partial charge in [-0.1, -0.05) is 0 Å². The molecule has 6 heteroatoms. The highest BCUT2D eigenvalue weighted by Gasteiger charge is 2.21. The molecule has 0 amide bonds. The number of ether oxygens (including phenoxy) is 1. The van der Waals surface area contributed by atoms with E-state index in [2.05, 4.69) is 37.5 Å². The molecule has 0 saturated carbocycles. The molecule has 0 aromatic carbocycles. The monoisotopic (exact) mass is 362 g/mol. The summed E-state index contributed by atoms with van der Waals surface area (Å²) in [6, 6.07) is 0. The average Bonchev–Trinajstić information content (AvgIpc) is 2.41. The number of hydrogen-bond donors (Lipinski definition) is 1. The Bertz CT molecular complexity index is 352. The molecule has 100 valence electrons. The topological polar surface area (TPSA) is 64.3 Å². The molecule has 18 heavy (non-hydrogen) atoms. The average molecular weight is 362 g/mol. The molecule has 0 atom stereocenters. The Morgan fingerprint density at radius 1 is 1.33 bits per heavy atom. The first kappa shape index (κ1) is 14.0. The Balaban J connectivity index is 1.77. The highest BCUT2D eigenvalue weighted by atomic mass is 127. The van der Waals surface area contributed by atoms with Crippen molar-refractivity contribution < 1.29 is 4.74 Å². The van der Waals surface area contributed by atoms with Crippen LogP contribution in [0.3, 0.4) is 0 Å². The number of piperidine rings is 1. The highest BCUT2D eigenvalue weighted by molar-refractivity contribution is 14.1. The molecule has 1 fully saturated rings. The van der Waals surface area contributed by atoms with Gasteiger partial charge in [-0.2, -0.15) is 0 Å². The highest BCUT2D eigenvalue weighted by Crippen LogP contribution is 2.18. The largest absolute Gasteiger partial charge is 0.378 e. The van der Waals surface area contributed by atoms with E-state index in [-0.39, 0.29) is 0 Å². The van der Waals surface area contributed by atoms with Crippen molar-refractivity contribution in [3.8, 4) is 0 Å². The number of nitrogens with zero attached hydrogens (tertiary/aromatic N) is 3. The van der Waals surface area contributed by atoms with E-state index >= 15 is 0 Å². The quantitative estimate of drug-likeness (QED) is 0.634. The molecule has 0 bridgehead atoms. The molecule has 0 aliphatic carbocycles. The fraction of sp³-hybridized carbons (Fsp3) is 0.667. The van der Waals surface area contributed by atoms with Crippen LogP contribution >= 0.6 is 22.6 Å². The van der Waals surface area contributed by atoms with Crippen molar-refractivity contribution in [3.05, 3.63) is 16.0 Å². The lowest BCUT2D eigenvalue weighted by atomic mass is 10.1. The van der Waals surface area contributed by atoms with Gasteiger partial charge in [0.15, 0.2) is 0 Å². The number of rotatable bonds is 5. The predicted octanol–water partition coefficient (Wildman–Crippen LogP) is 1.42. The fourth-order valence-electron chi connectivity index (χ4n) is 2.02. The van der Waals surface area contributed by atoms with Gasteiger partial charge in [-0.25, -0.2) is 9.97 Å². The van der Waals surface area contributed by atoms with Crippen LogP contribution in [0.15, 0.2) is 12.4 Å². The van der Waals surface area contributed by atoms with Crippen molar-refractivity contribution in [1.82, 2.24) is 9.97 Å². The van der Waals surface area contributed by atoms with Gasteiger partial charge < -0.3 is 15.4 Å². The minimum atomic E-state index is 0.372. The first-order valence-electron chi connectivity index (χ1n) is 6.34. The maximum Gasteiger partial charge on any atom is 0.225 e. The van der Waals surface area contributed by atoms with Crippen LogP contribution in [0.1, 0.15) is 19.3 Å². The van der Waals surface area contributed by atoms with Crippen molar-refractivity contribution in [2.24, 2.45) is 5.73 Å². The zero-order valence-corrected chi connectivity index (χ0v) is 12.5. The Labute approximate surface area is 121 Å². The van der Waals surface area contributed by atoms with Gasteiger partial charge in [-0.15, -0.1) is 0 Å². The summed E-state index contributed by atoms with van der Waals surface area (Å²) in [5.41, 5.74) is 5.45. The van der Waals surface area contributed by atoms with E-state index in [0.717, 1.165) is 48.5 Å². The molecule has 2 rings (SSSR count). The number of hydrogen-bond acceptors (Lipinski definition) is 5. The van der Waals surface area contributed by atoms with Gasteiger partial charge in [0.25, 0.3) is 0 Å². The molecular weight excluding hydrogens is 343 g/mol. The number of aromatic nitrogens is 2. The molecule has 1 aliphatic heterocycles. The molecule has 0 radical (unpaired) electrons. The van der Waals surface area contributed by atoms with Gasteiger partial charge in [0.2, 0.25) is 5.95 Å². The van der Waals surface area contributed by atoms with Crippen LogP contribution in [0.4, 0.5) is 5.95 Å². The van der Waals surface area contributed by atoms with E-state index in [9.17, 15) is 0 Å². The molecule has 1 aromatic heterocycles. The Morgan fingerprint density at radius 2 is 2.00 bits per heavy atom. The Kier molecular flexibility index (Phi) is 5.58. The maximum atomic E-state index is 5.78. The summed E-state index contributed by atoms with van der Waals surface area (Å²) in [7, 11) is 0. The van der Waals surface area contributed by atoms with E-state index in [4.69, 9.17) is 10.5 Å². The van der Waals surface area contributed by atoms with Gasteiger partial charge in [-0.05, 0) is 48.4 Å². The number of halogens is 1. The second-order valence-corrected chi connectivity index (χ2v) is 5.65. The minimum Gasteiger partial charge on any atom is -0.378 e. The van der Waals surface area contributed by atoms with Crippen molar-refractivity contribution in [2.75, 3.05) is 31.1 Å². The standard InChI is InChI=1S/C12H19IN4O/c13-10-8-15-12(16-9-10)17-5-2-11(3-6-17)18-7-1-4-14/h8-9,11H,1-7,14H2. The predicted molar refractivity (Wildman–Crippen MR) is 79.6 cm³/mol. The number of nitrogens with two attached hydrogens (primary N) is 1. The fourth-order valence-corrected chi connectivity index (χ4v) is 2.30. The summed E-state index contributed by atoms with van der Waals surface area (Å²) in [4.78, 5) is 10.9. The van der Waals surface area contributed by atoms with Gasteiger partial charge in [0.05, 0.1) is 6.10 Å². The Hall–Kier alpha value is -0.470. The third-order valence-electron chi connectivity index (χ3n) is 3.03. The van der Waals surface area contributed by atoms with E-state index in [1.807, 2.05) is 12.4 Å². The number of anilines is 1. The minimum absolute atomic E-state index is 0.372. The van der Waals surface area contributed by atoms with Crippen molar-refractivity contribution in [2.45, 2.75) is 25.4 Å². The maximum absolute atomic E-state index is 5.78. The van der Waals surface area contributed by atoms with Gasteiger partial charge >= 0.3 is 0 Å². The van der Waals surface area contributed by atoms with Crippen molar-refractivity contribution >= 4 is 28.5 Å². The summed E-state index contributed by atoms with van der Waals surface area (Å²) < 4.78 is 6.84. The van der Waals surface area contributed by atoms with Crippen LogP contribution in [-0.4, -0.2) is 42.3 Å². The van der Waals surface area contributed by atoms with E-state index in [0.29, 0.717) is 12.6 Å². The van der Waals surface area contributed by atoms with Crippen molar-refractivity contribution in [1.29, 1.82) is 0 Å². The molecule has 1 saturated heterocycles. The lowest BCUT2D eigenvalue weighted by molar-refractivity contribution is 0.0364. The first-order valence-corrected chi connectivity index (χ1v) is 7.41. The van der Waals surface area contributed by atoms with Crippen LogP contribution < -0.4 is 10.6 Å². The zero-order valence-electron chi connectivity index (χ0n) is 10.4. The van der Waals surface area contributed by atoms with Crippen LogP contribution in [-0.2, 0) is 4.74 Å². The lowest BCUT2D eigenvalue weighted by Crippen LogP contribution is -2.38. The molecule has 0 spiro atoms. The summed E-state index contributed by atoms with van der Waals surface area (Å²) in [6.45, 7) is 3.41. The lowest BCUT2D eigenvalue weighted by Gasteiger charge is -2.31. The van der Waals surface area contributed by atoms with Gasteiger partial charge in [0.1, 0.15) is 0 Å². The summed E-state index contributed by atoms with van der Waals surface area (Å²) >= 11 is 2.22. The van der Waals surface area contributed by atoms with Crippen LogP contribution in [0.2, 0.25) is 0 Å². The molecule has 1 aliphatic rings. The van der Waals surface area contributed by atoms with Crippen LogP contribution in [0.5, 0.6) is 0 Å². The van der Waals surface area contributed by atoms with Gasteiger partial charge in [0, 0.05) is 35.7 Å². The normalized spacial score (nSPS) is 17.1. The van der Waals surface area contributed by atoms with Gasteiger partial charge in [-0.3, -0.25) is 0 Å². The van der Waals surface area contributed by atoms with Crippen LogP contribution in [0.25, 0.3) is 0 Å². The molecule has 5 nitrogen and oxygen atoms in total. The first-order chi connectivity index (χ1) is 8.79. The third-order valence-corrected chi connectivity index (χ3v) is 3.59. The molecule has 2 heterocycles. The second-order valence-electron chi connectivity index (χ2n) is 4.40. The molecule has 1 aromatic rings. The van der Waals surface area contributed by atoms with Crippen LogP contribution in [0, 0.1) is 3.57 Å². The van der Waals surface area contributed by atoms with E-state index < -0.39 is 0 Å².